The maximum absolute atomic E-state index is 12.8. The third-order valence-electron chi connectivity index (χ3n) is 4.33. The van der Waals surface area contributed by atoms with Gasteiger partial charge < -0.3 is 4.74 Å². The highest BCUT2D eigenvalue weighted by Crippen LogP contribution is 2.10. The van der Waals surface area contributed by atoms with Gasteiger partial charge in [-0.2, -0.15) is 0 Å². The van der Waals surface area contributed by atoms with Crippen LogP contribution in [0.15, 0.2) is 48.5 Å². The lowest BCUT2D eigenvalue weighted by atomic mass is 10.1. The third-order valence-corrected chi connectivity index (χ3v) is 4.33. The lowest BCUT2D eigenvalue weighted by Gasteiger charge is -2.05. The van der Waals surface area contributed by atoms with Crippen LogP contribution in [0.1, 0.15) is 49.7 Å². The maximum Gasteiger partial charge on any atom is 0.123 e. The highest BCUT2D eigenvalue weighted by molar-refractivity contribution is 5.16. The molecule has 2 rings (SSSR count). The van der Waals surface area contributed by atoms with Crippen molar-refractivity contribution in [3.05, 3.63) is 71.3 Å². The van der Waals surface area contributed by atoms with Crippen molar-refractivity contribution in [2.75, 3.05) is 13.2 Å². The first kappa shape index (κ1) is 19.6. The predicted molar refractivity (Wildman–Crippen MR) is 98.7 cm³/mol. The molecule has 1 nitrogen and oxygen atoms in total. The van der Waals surface area contributed by atoms with E-state index in [4.69, 9.17) is 4.74 Å². The fourth-order valence-electron chi connectivity index (χ4n) is 2.82. The summed E-state index contributed by atoms with van der Waals surface area (Å²) in [6, 6.07) is 13.5. The molecule has 3 heteroatoms. The van der Waals surface area contributed by atoms with Gasteiger partial charge in [-0.25, -0.2) is 8.78 Å². The van der Waals surface area contributed by atoms with E-state index in [1.54, 1.807) is 0 Å². The summed E-state index contributed by atoms with van der Waals surface area (Å²) in [5.41, 5.74) is 2.40. The number of benzene rings is 2. The van der Waals surface area contributed by atoms with Gasteiger partial charge in [0.15, 0.2) is 0 Å². The molecule has 0 aliphatic carbocycles. The van der Waals surface area contributed by atoms with Crippen molar-refractivity contribution < 1.29 is 13.5 Å². The highest BCUT2D eigenvalue weighted by Gasteiger charge is 1.97. The van der Waals surface area contributed by atoms with E-state index in [0.717, 1.165) is 64.6 Å². The number of unbranched alkanes of at least 4 members (excludes halogenated alkanes) is 4. The Hall–Kier alpha value is -1.74. The number of hydrogen-bond acceptors (Lipinski definition) is 1. The SMILES string of the molecule is Fc1ccc(CCCCCOCCCCCc2ccc(F)cc2)cc1. The van der Waals surface area contributed by atoms with E-state index >= 15 is 0 Å². The molecule has 0 heterocycles. The number of ether oxygens (including phenoxy) is 1. The second kappa shape index (κ2) is 11.8. The summed E-state index contributed by atoms with van der Waals surface area (Å²) in [6.45, 7) is 1.64. The first-order valence-electron chi connectivity index (χ1n) is 9.31. The van der Waals surface area contributed by atoms with Gasteiger partial charge in [0, 0.05) is 13.2 Å². The van der Waals surface area contributed by atoms with Crippen LogP contribution in [-0.2, 0) is 17.6 Å². The Morgan fingerprint density at radius 1 is 0.520 bits per heavy atom. The molecule has 0 radical (unpaired) electrons. The molecule has 0 atom stereocenters. The van der Waals surface area contributed by atoms with Crippen LogP contribution in [0, 0.1) is 11.6 Å². The molecule has 0 fully saturated rings. The Morgan fingerprint density at radius 3 is 1.32 bits per heavy atom. The van der Waals surface area contributed by atoms with Gasteiger partial charge in [0.25, 0.3) is 0 Å². The Balaban J connectivity index is 1.37. The molecule has 0 unspecified atom stereocenters. The highest BCUT2D eigenvalue weighted by atomic mass is 19.1. The van der Waals surface area contributed by atoms with Crippen LogP contribution in [0.5, 0.6) is 0 Å². The first-order chi connectivity index (χ1) is 12.2. The number of rotatable bonds is 12. The zero-order valence-electron chi connectivity index (χ0n) is 14.9. The van der Waals surface area contributed by atoms with Crippen molar-refractivity contribution in [1.82, 2.24) is 0 Å². The summed E-state index contributed by atoms with van der Waals surface area (Å²) in [5.74, 6) is -0.343. The van der Waals surface area contributed by atoms with Gasteiger partial charge in [0.2, 0.25) is 0 Å². The molecule has 0 aromatic heterocycles. The van der Waals surface area contributed by atoms with Crippen LogP contribution in [0.25, 0.3) is 0 Å². The number of hydrogen-bond donors (Lipinski definition) is 0. The molecule has 0 saturated heterocycles. The molecule has 0 N–H and O–H groups in total. The first-order valence-corrected chi connectivity index (χ1v) is 9.31. The molecular weight excluding hydrogens is 318 g/mol. The Bertz CT molecular complexity index is 524. The molecule has 0 aliphatic rings. The summed E-state index contributed by atoms with van der Waals surface area (Å²) in [5, 5.41) is 0. The lowest BCUT2D eigenvalue weighted by molar-refractivity contribution is 0.126. The van der Waals surface area contributed by atoms with Crippen molar-refractivity contribution in [3.8, 4) is 0 Å². The van der Waals surface area contributed by atoms with Crippen molar-refractivity contribution >= 4 is 0 Å². The average molecular weight is 346 g/mol. The van der Waals surface area contributed by atoms with Gasteiger partial charge in [-0.05, 0) is 73.9 Å². The van der Waals surface area contributed by atoms with E-state index < -0.39 is 0 Å². The minimum absolute atomic E-state index is 0.171. The number of aryl methyl sites for hydroxylation is 2. The molecule has 0 aliphatic heterocycles. The van der Waals surface area contributed by atoms with Gasteiger partial charge in [-0.3, -0.25) is 0 Å². The lowest BCUT2D eigenvalue weighted by Crippen LogP contribution is -1.98. The Labute approximate surface area is 150 Å². The predicted octanol–water partition coefficient (Wildman–Crippen LogP) is 6.11. The van der Waals surface area contributed by atoms with Crippen LogP contribution < -0.4 is 0 Å². The van der Waals surface area contributed by atoms with Crippen molar-refractivity contribution in [2.24, 2.45) is 0 Å². The molecule has 0 saturated carbocycles. The van der Waals surface area contributed by atoms with Gasteiger partial charge in [-0.1, -0.05) is 37.1 Å². The Morgan fingerprint density at radius 2 is 0.920 bits per heavy atom. The molecule has 0 amide bonds. The van der Waals surface area contributed by atoms with E-state index in [9.17, 15) is 8.78 Å². The molecule has 25 heavy (non-hydrogen) atoms. The minimum atomic E-state index is -0.171. The zero-order chi connectivity index (χ0) is 17.7. The van der Waals surface area contributed by atoms with Gasteiger partial charge in [-0.15, -0.1) is 0 Å². The third kappa shape index (κ3) is 8.78. The number of halogens is 2. The molecule has 0 spiro atoms. The smallest absolute Gasteiger partial charge is 0.123 e. The van der Waals surface area contributed by atoms with Crippen molar-refractivity contribution in [2.45, 2.75) is 51.4 Å². The van der Waals surface area contributed by atoms with Crippen molar-refractivity contribution in [1.29, 1.82) is 0 Å². The maximum atomic E-state index is 12.8. The normalized spacial score (nSPS) is 11.0. The molecule has 136 valence electrons. The van der Waals surface area contributed by atoms with E-state index in [1.165, 1.54) is 35.4 Å². The van der Waals surface area contributed by atoms with Crippen LogP contribution >= 0.6 is 0 Å². The molecule has 0 bridgehead atoms. The fourth-order valence-corrected chi connectivity index (χ4v) is 2.82. The van der Waals surface area contributed by atoms with E-state index in [1.807, 2.05) is 24.3 Å². The zero-order valence-corrected chi connectivity index (χ0v) is 14.9. The summed E-state index contributed by atoms with van der Waals surface area (Å²) in [4.78, 5) is 0. The minimum Gasteiger partial charge on any atom is -0.381 e. The standard InChI is InChI=1S/C22H28F2O/c23-21-13-9-19(10-14-21)7-3-1-5-17-25-18-6-2-4-8-20-11-15-22(24)16-12-20/h9-16H,1-8,17-18H2. The van der Waals surface area contributed by atoms with Crippen molar-refractivity contribution in [3.63, 3.8) is 0 Å². The van der Waals surface area contributed by atoms with Crippen LogP contribution in [0.3, 0.4) is 0 Å². The van der Waals surface area contributed by atoms with Crippen LogP contribution in [0.4, 0.5) is 8.78 Å². The second-order valence-corrected chi connectivity index (χ2v) is 6.49. The van der Waals surface area contributed by atoms with E-state index in [0.29, 0.717) is 0 Å². The second-order valence-electron chi connectivity index (χ2n) is 6.49. The fraction of sp³-hybridized carbons (Fsp3) is 0.455. The monoisotopic (exact) mass is 346 g/mol. The molecule has 2 aromatic rings. The van der Waals surface area contributed by atoms with E-state index in [2.05, 4.69) is 0 Å². The largest absolute Gasteiger partial charge is 0.381 e. The molecular formula is C22H28F2O. The van der Waals surface area contributed by atoms with Gasteiger partial charge in [0.1, 0.15) is 11.6 Å². The Kier molecular flexibility index (Phi) is 9.21. The van der Waals surface area contributed by atoms with E-state index in [-0.39, 0.29) is 11.6 Å². The summed E-state index contributed by atoms with van der Waals surface area (Å²) in [6.07, 6.45) is 8.68. The van der Waals surface area contributed by atoms with Crippen LogP contribution in [0.2, 0.25) is 0 Å². The summed E-state index contributed by atoms with van der Waals surface area (Å²) in [7, 11) is 0. The topological polar surface area (TPSA) is 9.23 Å². The summed E-state index contributed by atoms with van der Waals surface area (Å²) < 4.78 is 31.3. The quantitative estimate of drug-likeness (QED) is 0.421. The van der Waals surface area contributed by atoms with Gasteiger partial charge >= 0.3 is 0 Å². The average Bonchev–Trinajstić information content (AvgIpc) is 2.63. The summed E-state index contributed by atoms with van der Waals surface area (Å²) >= 11 is 0. The molecule has 2 aromatic carbocycles. The van der Waals surface area contributed by atoms with Gasteiger partial charge in [0.05, 0.1) is 0 Å². The van der Waals surface area contributed by atoms with Crippen LogP contribution in [-0.4, -0.2) is 13.2 Å².